The van der Waals surface area contributed by atoms with E-state index < -0.39 is 210 Å². The molecule has 4 aromatic carbocycles. The van der Waals surface area contributed by atoms with Crippen LogP contribution in [-0.2, 0) is 107 Å². The molecule has 0 aliphatic rings. The zero-order valence-electron chi connectivity index (χ0n) is 76.9. The molecule has 44 heteroatoms. The van der Waals surface area contributed by atoms with Crippen LogP contribution in [0.2, 0.25) is 0 Å². The van der Waals surface area contributed by atoms with Gasteiger partial charge in [-0.25, -0.2) is 4.79 Å². The largest absolute Gasteiger partial charge is 0.508 e. The van der Waals surface area contributed by atoms with Crippen molar-refractivity contribution >= 4 is 128 Å². The first-order valence-corrected chi connectivity index (χ1v) is 44.9. The van der Waals surface area contributed by atoms with Gasteiger partial charge in [-0.1, -0.05) is 113 Å². The Labute approximate surface area is 780 Å². The Balaban J connectivity index is 1.25. The van der Waals surface area contributed by atoms with E-state index in [1.165, 1.54) is 45.0 Å². The van der Waals surface area contributed by atoms with E-state index in [-0.39, 0.29) is 114 Å². The fourth-order valence-corrected chi connectivity index (χ4v) is 14.5. The Morgan fingerprint density at radius 1 is 0.393 bits per heavy atom. The van der Waals surface area contributed by atoms with Gasteiger partial charge in [-0.05, 0) is 156 Å². The molecule has 16 amide bonds. The lowest BCUT2D eigenvalue weighted by Gasteiger charge is -2.29. The molecular formula is C91H132N24O20. The Morgan fingerprint density at radius 3 is 1.25 bits per heavy atom. The van der Waals surface area contributed by atoms with Crippen LogP contribution in [0.1, 0.15) is 154 Å². The van der Waals surface area contributed by atoms with E-state index in [0.29, 0.717) is 69.7 Å². The van der Waals surface area contributed by atoms with Crippen molar-refractivity contribution in [2.24, 2.45) is 46.2 Å². The fourth-order valence-electron chi connectivity index (χ4n) is 14.5. The number of carbonyl (C=O) groups is 17. The molecule has 0 saturated heterocycles. The van der Waals surface area contributed by atoms with E-state index in [1.54, 1.807) is 119 Å². The van der Waals surface area contributed by atoms with Gasteiger partial charge in [0.25, 0.3) is 0 Å². The molecule has 2 aromatic heterocycles. The van der Waals surface area contributed by atoms with Gasteiger partial charge in [0.2, 0.25) is 94.5 Å². The molecule has 0 bridgehead atoms. The minimum Gasteiger partial charge on any atom is -0.508 e. The number of aromatic hydroxyl groups is 1. The smallest absolute Gasteiger partial charge is 0.326 e. The number of guanidine groups is 1. The van der Waals surface area contributed by atoms with Gasteiger partial charge in [0.15, 0.2) is 5.96 Å². The van der Waals surface area contributed by atoms with Crippen molar-refractivity contribution in [2.45, 2.75) is 248 Å². The highest BCUT2D eigenvalue weighted by Crippen LogP contribution is 2.24. The number of rotatable bonds is 59. The highest BCUT2D eigenvalue weighted by molar-refractivity contribution is 6.02. The van der Waals surface area contributed by atoms with E-state index in [4.69, 9.17) is 39.8 Å². The predicted octanol–water partition coefficient (Wildman–Crippen LogP) is -3.37. The quantitative estimate of drug-likeness (QED) is 0.0101. The van der Waals surface area contributed by atoms with Crippen LogP contribution in [0.15, 0.2) is 116 Å². The molecule has 6 rings (SSSR count). The molecule has 0 aliphatic carbocycles. The average Bonchev–Trinajstić information content (AvgIpc) is 1.71. The van der Waals surface area contributed by atoms with E-state index >= 15 is 24.0 Å². The summed E-state index contributed by atoms with van der Waals surface area (Å²) in [5.74, 6) is -18.1. The normalized spacial score (nSPS) is 14.8. The number of phenolic OH excluding ortho intramolecular Hbond substituents is 1. The number of benzene rings is 4. The lowest BCUT2D eigenvalue weighted by molar-refractivity contribution is -0.143. The number of carboxylic acid groups (broad SMARTS) is 1. The van der Waals surface area contributed by atoms with Gasteiger partial charge < -0.3 is 139 Å². The number of aliphatic carboxylic acids is 1. The third kappa shape index (κ3) is 36.4. The lowest BCUT2D eigenvalue weighted by Crippen LogP contribution is -2.61. The maximum Gasteiger partial charge on any atom is 0.326 e. The van der Waals surface area contributed by atoms with Crippen molar-refractivity contribution in [3.05, 3.63) is 138 Å². The molecule has 135 heavy (non-hydrogen) atoms. The van der Waals surface area contributed by atoms with Gasteiger partial charge in [-0.15, -0.1) is 0 Å². The topological polar surface area (TPSA) is 743 Å². The molecule has 2 heterocycles. The Kier molecular flexibility index (Phi) is 45.0. The highest BCUT2D eigenvalue weighted by atomic mass is 16.4. The van der Waals surface area contributed by atoms with Crippen LogP contribution in [0.3, 0.4) is 0 Å². The number of fused-ring (bicyclic) bond motifs is 2. The van der Waals surface area contributed by atoms with Crippen LogP contribution < -0.4 is 114 Å². The first-order chi connectivity index (χ1) is 64.1. The molecule has 33 N–H and O–H groups in total. The van der Waals surface area contributed by atoms with Crippen molar-refractivity contribution in [3.63, 3.8) is 0 Å². The van der Waals surface area contributed by atoms with Gasteiger partial charge in [0, 0.05) is 72.8 Å². The molecule has 0 saturated carbocycles. The number of H-pyrrole nitrogens is 2. The van der Waals surface area contributed by atoms with Crippen molar-refractivity contribution in [1.82, 2.24) is 89.7 Å². The Morgan fingerprint density at radius 2 is 0.778 bits per heavy atom. The fraction of sp³-hybridized carbons (Fsp3) is 0.495. The molecule has 0 fully saturated rings. The molecule has 6 aromatic rings. The summed E-state index contributed by atoms with van der Waals surface area (Å²) < 4.78 is 0. The van der Waals surface area contributed by atoms with Crippen LogP contribution in [0.5, 0.6) is 5.75 Å². The number of aromatic amines is 2. The minimum atomic E-state index is -1.82. The summed E-state index contributed by atoms with van der Waals surface area (Å²) in [7, 11) is 0. The standard InChI is InChI=1S/C91H132N24O20/c1-8-49(4)75(115-87(131)70(43-56-46-101-62-27-15-13-24-59(56)62)113-84(128)67(40-53-21-10-9-11-22-53)108-76(120)50(5)102-80(124)64(34-35-73(95)118)105-79(123)60(94)25-20-38-99-91(97)98)89(133)104-52(7)78(122)109-69(42-55-45-100-61-26-14-12-23-58(55)61)85(129)112-68(41-54-30-32-57(117)33-31-54)83(127)106-63(28-16-18-36-92)81(125)111-66(39-48(2)3)82(126)103-51(6)77(121)110-71(44-74(96)119)86(130)114-72(47-116)88(132)107-65(90(134)135)29-17-19-37-93/h9-15,21-24,26-27,30-33,45-46,48-52,60,63-72,75,100-101,116-117H,8,16-20,25,28-29,34-44,47,92-94H2,1-7H3,(H2,95,118)(H2,96,119)(H,102,124)(H,103,126)(H,104,133)(H,105,123)(H,106,127)(H,107,132)(H,108,120)(H,109,122)(H,110,121)(H,111,125)(H,112,129)(H,113,128)(H,114,130)(H,115,131)(H,134,135)(H4,97,98,99)/t49-,50-,51-,52-,60-,63-,64-,65-,66-,67-,68-,69-,70-,71-,72-,75-/m0/s1. The first-order valence-electron chi connectivity index (χ1n) is 44.9. The number of para-hydroxylation sites is 2. The number of aliphatic hydroxyl groups excluding tert-OH is 1. The third-order valence-corrected chi connectivity index (χ3v) is 22.4. The van der Waals surface area contributed by atoms with E-state index in [2.05, 4.69) is 89.7 Å². The van der Waals surface area contributed by atoms with Crippen LogP contribution in [-0.4, -0.2) is 249 Å². The number of aromatic nitrogens is 2. The van der Waals surface area contributed by atoms with Crippen LogP contribution in [0.25, 0.3) is 21.8 Å². The summed E-state index contributed by atoms with van der Waals surface area (Å²) in [5, 5.41) is 77.6. The highest BCUT2D eigenvalue weighted by Gasteiger charge is 2.40. The zero-order valence-corrected chi connectivity index (χ0v) is 76.9. The number of aliphatic hydroxyl groups is 1. The Bertz CT molecular complexity index is 5050. The van der Waals surface area contributed by atoms with Crippen LogP contribution in [0.4, 0.5) is 0 Å². The lowest BCUT2D eigenvalue weighted by atomic mass is 9.96. The van der Waals surface area contributed by atoms with Gasteiger partial charge in [-0.2, -0.15) is 0 Å². The second-order valence-electron chi connectivity index (χ2n) is 33.8. The van der Waals surface area contributed by atoms with Crippen molar-refractivity contribution < 1.29 is 96.8 Å². The molecule has 736 valence electrons. The van der Waals surface area contributed by atoms with Gasteiger partial charge in [-0.3, -0.25) is 82.1 Å². The average molecular weight is 1880 g/mol. The monoisotopic (exact) mass is 1880 g/mol. The molecule has 0 aliphatic heterocycles. The van der Waals surface area contributed by atoms with E-state index in [0.717, 1.165) is 0 Å². The minimum absolute atomic E-state index is 0.0415. The number of amides is 16. The number of unbranched alkanes of at least 4 members (excludes halogenated alkanes) is 2. The summed E-state index contributed by atoms with van der Waals surface area (Å²) in [6.07, 6.45) is 2.55. The molecular weight excluding hydrogens is 1750 g/mol. The van der Waals surface area contributed by atoms with Gasteiger partial charge in [0.05, 0.1) is 19.1 Å². The number of carbonyl (C=O) groups excluding carboxylic acids is 16. The van der Waals surface area contributed by atoms with Crippen molar-refractivity contribution in [3.8, 4) is 5.75 Å². The molecule has 44 nitrogen and oxygen atoms in total. The molecule has 16 atom stereocenters. The second-order valence-corrected chi connectivity index (χ2v) is 33.8. The van der Waals surface area contributed by atoms with Gasteiger partial charge in [0.1, 0.15) is 90.3 Å². The first kappa shape index (κ1) is 110. The summed E-state index contributed by atoms with van der Waals surface area (Å²) in [4.78, 5) is 245. The zero-order chi connectivity index (χ0) is 99.7. The number of nitrogens with two attached hydrogens (primary N) is 6. The third-order valence-electron chi connectivity index (χ3n) is 22.4. The van der Waals surface area contributed by atoms with Crippen molar-refractivity contribution in [2.75, 3.05) is 26.2 Å². The predicted molar refractivity (Wildman–Crippen MR) is 499 cm³/mol. The van der Waals surface area contributed by atoms with Gasteiger partial charge >= 0.3 is 5.97 Å². The second kappa shape index (κ2) is 55.4. The number of carboxylic acids is 1. The molecule has 0 spiro atoms. The number of hydrogen-bond donors (Lipinski definition) is 27. The number of primary amides is 2. The molecule has 0 unspecified atom stereocenters. The molecule has 0 radical (unpaired) electrons. The summed E-state index contributed by atoms with van der Waals surface area (Å²) in [6.45, 7) is 10.3. The van der Waals surface area contributed by atoms with E-state index in [1.807, 2.05) is 0 Å². The number of phenols is 1. The maximum absolute atomic E-state index is 15.4. The summed E-state index contributed by atoms with van der Waals surface area (Å²) >= 11 is 0. The Hall–Kier alpha value is -14.1. The number of nitrogens with one attached hydrogen (secondary N) is 18. The van der Waals surface area contributed by atoms with Crippen LogP contribution in [0, 0.1) is 17.2 Å². The summed E-state index contributed by atoms with van der Waals surface area (Å²) in [6, 6.07) is 5.68. The SMILES string of the molecule is CC[C@H](C)[C@H](NC(=O)[C@H](Cc1c[nH]c2ccccc12)NC(=O)[C@H](Cc1ccccc1)NC(=O)[C@H](C)NC(=O)[C@H](CCC(N)=O)NC(=O)[C@@H](N)CCCNC(=N)N)C(=O)N[C@@H](C)C(=O)N[C@@H](Cc1c[nH]c2ccccc12)C(=O)N[C@@H](Cc1ccc(O)cc1)C(=O)N[C@@H](CCCCN)C(=O)N[C@@H](CC(C)C)C(=O)N[C@@H](C)C(=O)N[C@@H](CC(N)=O)C(=O)N[C@@H](CO)C(=O)N[C@@H](CCCCN)C(=O)O. The number of hydrogen-bond acceptors (Lipinski definition) is 23. The van der Waals surface area contributed by atoms with Crippen molar-refractivity contribution in [1.29, 1.82) is 5.41 Å². The maximum atomic E-state index is 15.4. The van der Waals surface area contributed by atoms with E-state index in [9.17, 15) is 72.9 Å². The van der Waals surface area contributed by atoms with Crippen LogP contribution >= 0.6 is 0 Å². The summed E-state index contributed by atoms with van der Waals surface area (Å²) in [5.41, 5.74) is 37.1.